The van der Waals surface area contributed by atoms with Gasteiger partial charge in [-0.3, -0.25) is 4.79 Å². The lowest BCUT2D eigenvalue weighted by Crippen LogP contribution is -2.17. The van der Waals surface area contributed by atoms with Gasteiger partial charge in [-0.15, -0.1) is 10.2 Å². The van der Waals surface area contributed by atoms with Crippen molar-refractivity contribution in [2.75, 3.05) is 17.7 Å². The summed E-state index contributed by atoms with van der Waals surface area (Å²) in [4.78, 5) is 16.3. The van der Waals surface area contributed by atoms with Crippen LogP contribution in [0.15, 0.2) is 64.8 Å². The smallest absolute Gasteiger partial charge is 0.416 e. The lowest BCUT2D eigenvalue weighted by atomic mass is 10.1. The van der Waals surface area contributed by atoms with Crippen LogP contribution in [0.2, 0.25) is 0 Å². The monoisotopic (exact) mass is 490 g/mol. The summed E-state index contributed by atoms with van der Waals surface area (Å²) in [6.45, 7) is 2.31. The molecule has 0 saturated heterocycles. The summed E-state index contributed by atoms with van der Waals surface area (Å²) in [5, 5.41) is 14.4. The predicted octanol–water partition coefficient (Wildman–Crippen LogP) is 4.47. The first kappa shape index (κ1) is 23.3. The number of benzene rings is 2. The van der Waals surface area contributed by atoms with E-state index < -0.39 is 17.6 Å². The number of nitrogens with zero attached hydrogens (tertiary/aromatic N) is 5. The van der Waals surface area contributed by atoms with Crippen molar-refractivity contribution >= 4 is 23.4 Å². The number of alkyl halides is 3. The molecule has 4 aromatic rings. The Kier molecular flexibility index (Phi) is 6.82. The van der Waals surface area contributed by atoms with Gasteiger partial charge in [0.15, 0.2) is 0 Å². The number of thioether (sulfide) groups is 1. The summed E-state index contributed by atoms with van der Waals surface area (Å²) < 4.78 is 52.0. The summed E-state index contributed by atoms with van der Waals surface area (Å²) in [7, 11) is 0. The molecule has 0 aliphatic carbocycles. The van der Waals surface area contributed by atoms with E-state index in [9.17, 15) is 18.0 Å². The second kappa shape index (κ2) is 9.95. The Morgan fingerprint density at radius 2 is 2.03 bits per heavy atom. The minimum atomic E-state index is -4.58. The number of amides is 1. The molecule has 0 unspecified atom stereocenters. The van der Waals surface area contributed by atoms with Crippen LogP contribution in [0, 0.1) is 0 Å². The van der Waals surface area contributed by atoms with Gasteiger partial charge in [0.1, 0.15) is 18.4 Å². The van der Waals surface area contributed by atoms with Crippen molar-refractivity contribution in [1.29, 1.82) is 0 Å². The minimum Gasteiger partial charge on any atom is -0.493 e. The van der Waals surface area contributed by atoms with E-state index in [4.69, 9.17) is 9.15 Å². The summed E-state index contributed by atoms with van der Waals surface area (Å²) in [6, 6.07) is 10.1. The van der Waals surface area contributed by atoms with Crippen LogP contribution >= 0.6 is 11.8 Å². The van der Waals surface area contributed by atoms with Gasteiger partial charge < -0.3 is 14.5 Å². The predicted molar refractivity (Wildman–Crippen MR) is 117 cm³/mol. The number of para-hydroxylation sites is 1. The van der Waals surface area contributed by atoms with Crippen molar-refractivity contribution in [3.8, 4) is 22.9 Å². The molecule has 0 aliphatic rings. The van der Waals surface area contributed by atoms with Gasteiger partial charge in [-0.1, -0.05) is 23.9 Å². The van der Waals surface area contributed by atoms with Crippen molar-refractivity contribution in [2.45, 2.75) is 18.3 Å². The van der Waals surface area contributed by atoms with Crippen LogP contribution in [0.1, 0.15) is 12.5 Å². The van der Waals surface area contributed by atoms with Gasteiger partial charge in [0, 0.05) is 0 Å². The van der Waals surface area contributed by atoms with E-state index in [0.29, 0.717) is 17.9 Å². The van der Waals surface area contributed by atoms with Crippen molar-refractivity contribution in [3.63, 3.8) is 0 Å². The molecule has 4 rings (SSSR count). The standard InChI is InChI=1S/C21H17F3N6O3S/c1-2-32-17-6-4-3-5-14(17)19-28-29-20(33-19)34-10-18(31)27-15-9-13(21(22,23)24)7-8-16(15)30-12-25-11-26-30/h3-9,11-12H,2,10H2,1H3,(H,27,31). The van der Waals surface area contributed by atoms with E-state index in [1.165, 1.54) is 23.4 Å². The topological polar surface area (TPSA) is 108 Å². The van der Waals surface area contributed by atoms with Gasteiger partial charge in [0.25, 0.3) is 11.1 Å². The second-order valence-electron chi connectivity index (χ2n) is 6.71. The van der Waals surface area contributed by atoms with Gasteiger partial charge in [-0.2, -0.15) is 18.3 Å². The Hall–Kier alpha value is -3.87. The highest BCUT2D eigenvalue weighted by atomic mass is 32.2. The minimum absolute atomic E-state index is 0.0669. The maximum absolute atomic E-state index is 13.2. The molecule has 0 saturated carbocycles. The van der Waals surface area contributed by atoms with Crippen LogP contribution in [-0.4, -0.2) is 43.2 Å². The van der Waals surface area contributed by atoms with E-state index in [0.717, 1.165) is 23.9 Å². The normalized spacial score (nSPS) is 11.4. The van der Waals surface area contributed by atoms with E-state index in [1.807, 2.05) is 13.0 Å². The number of anilines is 1. The lowest BCUT2D eigenvalue weighted by molar-refractivity contribution is -0.137. The fourth-order valence-electron chi connectivity index (χ4n) is 2.96. The van der Waals surface area contributed by atoms with Crippen LogP contribution in [0.25, 0.3) is 17.1 Å². The Balaban J connectivity index is 1.47. The fraction of sp³-hybridized carbons (Fsp3) is 0.190. The number of halogens is 3. The number of carbonyl (C=O) groups is 1. The van der Waals surface area contributed by atoms with Gasteiger partial charge in [0.05, 0.1) is 34.9 Å². The Bertz CT molecular complexity index is 1280. The highest BCUT2D eigenvalue weighted by molar-refractivity contribution is 7.99. The first-order valence-electron chi connectivity index (χ1n) is 9.89. The fourth-order valence-corrected chi connectivity index (χ4v) is 3.52. The number of hydrogen-bond acceptors (Lipinski definition) is 8. The summed E-state index contributed by atoms with van der Waals surface area (Å²) in [5.41, 5.74) is -0.136. The van der Waals surface area contributed by atoms with Crippen LogP contribution in [0.5, 0.6) is 5.75 Å². The first-order valence-corrected chi connectivity index (χ1v) is 10.9. The van der Waals surface area contributed by atoms with Crippen molar-refractivity contribution in [1.82, 2.24) is 25.0 Å². The van der Waals surface area contributed by atoms with Crippen LogP contribution in [0.4, 0.5) is 18.9 Å². The molecule has 0 fully saturated rings. The van der Waals surface area contributed by atoms with Crippen molar-refractivity contribution in [3.05, 3.63) is 60.7 Å². The molecular weight excluding hydrogens is 473 g/mol. The average Bonchev–Trinajstić information content (AvgIpc) is 3.50. The molecule has 34 heavy (non-hydrogen) atoms. The van der Waals surface area contributed by atoms with Crippen LogP contribution < -0.4 is 10.1 Å². The number of hydrogen-bond donors (Lipinski definition) is 1. The molecule has 2 aromatic carbocycles. The molecule has 2 heterocycles. The third-order valence-electron chi connectivity index (χ3n) is 4.41. The molecule has 0 radical (unpaired) electrons. The maximum Gasteiger partial charge on any atom is 0.416 e. The molecule has 13 heteroatoms. The number of rotatable bonds is 8. The van der Waals surface area contributed by atoms with Crippen LogP contribution in [0.3, 0.4) is 0 Å². The van der Waals surface area contributed by atoms with E-state index in [2.05, 4.69) is 25.6 Å². The Labute approximate surface area is 195 Å². The van der Waals surface area contributed by atoms with Crippen molar-refractivity contribution < 1.29 is 27.1 Å². The zero-order chi connectivity index (χ0) is 24.1. The van der Waals surface area contributed by atoms with E-state index in [-0.39, 0.29) is 28.2 Å². The zero-order valence-electron chi connectivity index (χ0n) is 17.6. The van der Waals surface area contributed by atoms with Crippen molar-refractivity contribution in [2.24, 2.45) is 0 Å². The maximum atomic E-state index is 13.2. The molecule has 0 spiro atoms. The molecule has 1 N–H and O–H groups in total. The lowest BCUT2D eigenvalue weighted by Gasteiger charge is -2.14. The molecule has 0 atom stereocenters. The first-order chi connectivity index (χ1) is 16.3. The Morgan fingerprint density at radius 3 is 2.76 bits per heavy atom. The summed E-state index contributed by atoms with van der Waals surface area (Å²) in [5.74, 6) is 0.0495. The number of ether oxygens (including phenoxy) is 1. The highest BCUT2D eigenvalue weighted by Crippen LogP contribution is 2.34. The van der Waals surface area contributed by atoms with Gasteiger partial charge in [0.2, 0.25) is 5.91 Å². The van der Waals surface area contributed by atoms with Gasteiger partial charge in [-0.05, 0) is 37.3 Å². The molecule has 1 amide bonds. The highest BCUT2D eigenvalue weighted by Gasteiger charge is 2.31. The molecule has 176 valence electrons. The zero-order valence-corrected chi connectivity index (χ0v) is 18.4. The Morgan fingerprint density at radius 1 is 1.21 bits per heavy atom. The van der Waals surface area contributed by atoms with E-state index in [1.54, 1.807) is 18.2 Å². The molecule has 0 bridgehead atoms. The van der Waals surface area contributed by atoms with Crippen LogP contribution in [-0.2, 0) is 11.0 Å². The summed E-state index contributed by atoms with van der Waals surface area (Å²) in [6.07, 6.45) is -2.03. The molecular formula is C21H17F3N6O3S. The SMILES string of the molecule is CCOc1ccccc1-c1nnc(SCC(=O)Nc2cc(C(F)(F)F)ccc2-n2cncn2)o1. The third kappa shape index (κ3) is 5.36. The molecule has 0 aliphatic heterocycles. The average molecular weight is 490 g/mol. The van der Waals surface area contributed by atoms with Gasteiger partial charge in [-0.25, -0.2) is 9.67 Å². The molecule has 9 nitrogen and oxygen atoms in total. The quantitative estimate of drug-likeness (QED) is 0.361. The number of nitrogens with one attached hydrogen (secondary N) is 1. The third-order valence-corrected chi connectivity index (χ3v) is 5.23. The largest absolute Gasteiger partial charge is 0.493 e. The number of carbonyl (C=O) groups excluding carboxylic acids is 1. The summed E-state index contributed by atoms with van der Waals surface area (Å²) >= 11 is 0.945. The van der Waals surface area contributed by atoms with Gasteiger partial charge >= 0.3 is 6.18 Å². The molecule has 2 aromatic heterocycles. The number of aromatic nitrogens is 5. The van der Waals surface area contributed by atoms with E-state index >= 15 is 0 Å². The second-order valence-corrected chi connectivity index (χ2v) is 7.64.